The molecule has 19 nitrogen and oxygen atoms in total. The summed E-state index contributed by atoms with van der Waals surface area (Å²) in [5.41, 5.74) is 8.11. The number of aromatic nitrogens is 4. The highest BCUT2D eigenvalue weighted by molar-refractivity contribution is 7.48. The molecule has 1 atom stereocenters. The molecule has 5 aromatic rings. The van der Waals surface area contributed by atoms with Crippen LogP contribution in [0.4, 0.5) is 23.0 Å². The fraction of sp³-hybridized carbons (Fsp3) is 0.263. The number of carbonyl (C=O) groups is 4. The number of phosphoric acid groups is 1. The number of aliphatic carboxylic acids is 1. The molecule has 0 aliphatic rings. The number of fused-ring (bicyclic) bond motifs is 1. The van der Waals surface area contributed by atoms with Gasteiger partial charge in [0.25, 0.3) is 17.4 Å². The van der Waals surface area contributed by atoms with Gasteiger partial charge >= 0.3 is 13.8 Å². The molecule has 0 bridgehead atoms. The van der Waals surface area contributed by atoms with Crippen LogP contribution in [0.5, 0.6) is 0 Å². The van der Waals surface area contributed by atoms with Crippen molar-refractivity contribution < 1.29 is 42.4 Å². The van der Waals surface area contributed by atoms with Crippen molar-refractivity contribution in [2.24, 2.45) is 0 Å². The SMILES string of the molecule is CCOP(=O)(OCC)OCCc1ccc(NC(=O)c2ccccc2NC(=O)CC[C@H](NC(=O)c2ccc(NCc3cnc4nc(N)[nH]c(=O)c4n3)cc2)C(=O)O)cc1. The molecular weight excluding hydrogens is 773 g/mol. The molecule has 2 heterocycles. The fourth-order valence-corrected chi connectivity index (χ4v) is 6.59. The van der Waals surface area contributed by atoms with Crippen molar-refractivity contribution in [1.29, 1.82) is 0 Å². The first-order valence-electron chi connectivity index (χ1n) is 18.1. The summed E-state index contributed by atoms with van der Waals surface area (Å²) in [6.07, 6.45) is 1.35. The standard InChI is InChI=1S/C38H42N9O10P/c1-3-55-58(54,56-4-2)57-20-19-23-9-13-26(14-10-23)43-35(50)28-7-5-6-8-29(28)44-31(48)18-17-30(37(52)53)45-34(49)24-11-15-25(16-12-24)40-21-27-22-41-33-32(42-27)36(51)47-38(39)46-33/h5-16,22,30,40H,3-4,17-21H2,1-2H3,(H,43,50)(H,44,48)(H,45,49)(H,52,53)(H3,39,41,46,47,51)/t30-/m0/s1. The molecule has 8 N–H and O–H groups in total. The normalized spacial score (nSPS) is 11.8. The van der Waals surface area contributed by atoms with Gasteiger partial charge in [-0.15, -0.1) is 0 Å². The van der Waals surface area contributed by atoms with Crippen LogP contribution in [0, 0.1) is 0 Å². The first-order valence-corrected chi connectivity index (χ1v) is 19.5. The minimum Gasteiger partial charge on any atom is -0.480 e. The predicted octanol–water partition coefficient (Wildman–Crippen LogP) is 4.50. The van der Waals surface area contributed by atoms with Gasteiger partial charge in [0.1, 0.15) is 6.04 Å². The molecule has 0 spiro atoms. The second-order valence-electron chi connectivity index (χ2n) is 12.4. The van der Waals surface area contributed by atoms with Crippen LogP contribution in [0.15, 0.2) is 83.8 Å². The van der Waals surface area contributed by atoms with E-state index in [4.69, 9.17) is 19.3 Å². The molecule has 0 saturated carbocycles. The van der Waals surface area contributed by atoms with Crippen molar-refractivity contribution in [3.63, 3.8) is 0 Å². The van der Waals surface area contributed by atoms with E-state index in [1.165, 1.54) is 24.4 Å². The lowest BCUT2D eigenvalue weighted by molar-refractivity contribution is -0.139. The van der Waals surface area contributed by atoms with Crippen molar-refractivity contribution in [1.82, 2.24) is 25.3 Å². The summed E-state index contributed by atoms with van der Waals surface area (Å²) in [6.45, 7) is 4.02. The smallest absolute Gasteiger partial charge is 0.474 e. The fourth-order valence-electron chi connectivity index (χ4n) is 5.42. The molecule has 0 saturated heterocycles. The summed E-state index contributed by atoms with van der Waals surface area (Å²) >= 11 is 0. The zero-order valence-corrected chi connectivity index (χ0v) is 32.4. The average molecular weight is 816 g/mol. The number of carboxylic acids is 1. The third kappa shape index (κ3) is 12.0. The zero-order valence-electron chi connectivity index (χ0n) is 31.5. The molecule has 5 rings (SSSR count). The van der Waals surface area contributed by atoms with Gasteiger partial charge in [-0.25, -0.2) is 19.3 Å². The summed E-state index contributed by atoms with van der Waals surface area (Å²) in [5, 5.41) is 20.8. The Labute approximate surface area is 331 Å². The molecule has 20 heteroatoms. The predicted molar refractivity (Wildman–Crippen MR) is 214 cm³/mol. The number of phosphoric ester groups is 1. The van der Waals surface area contributed by atoms with Crippen LogP contribution < -0.4 is 32.6 Å². The van der Waals surface area contributed by atoms with Crippen molar-refractivity contribution in [3.8, 4) is 0 Å². The number of carbonyl (C=O) groups excluding carboxylic acids is 3. The summed E-state index contributed by atoms with van der Waals surface area (Å²) in [6, 6.07) is 18.1. The number of nitrogen functional groups attached to an aromatic ring is 1. The summed E-state index contributed by atoms with van der Waals surface area (Å²) in [7, 11) is -3.63. The molecule has 58 heavy (non-hydrogen) atoms. The third-order valence-corrected chi connectivity index (χ3v) is 9.89. The van der Waals surface area contributed by atoms with E-state index in [1.807, 2.05) is 0 Å². The van der Waals surface area contributed by atoms with Gasteiger partial charge in [-0.3, -0.25) is 37.7 Å². The third-order valence-electron chi connectivity index (χ3n) is 8.24. The first kappa shape index (κ1) is 42.6. The van der Waals surface area contributed by atoms with Crippen LogP contribution in [0.25, 0.3) is 11.2 Å². The van der Waals surface area contributed by atoms with Crippen molar-refractivity contribution in [2.75, 3.05) is 41.5 Å². The van der Waals surface area contributed by atoms with E-state index in [-0.39, 0.29) is 73.1 Å². The number of hydrogen-bond acceptors (Lipinski definition) is 14. The maximum Gasteiger partial charge on any atom is 0.474 e. The van der Waals surface area contributed by atoms with Crippen LogP contribution in [0.3, 0.4) is 0 Å². The summed E-state index contributed by atoms with van der Waals surface area (Å²) in [4.78, 5) is 78.0. The highest BCUT2D eigenvalue weighted by Crippen LogP contribution is 2.49. The maximum atomic E-state index is 13.2. The maximum absolute atomic E-state index is 13.2. The highest BCUT2D eigenvalue weighted by Gasteiger charge is 2.25. The second kappa shape index (κ2) is 20.1. The van der Waals surface area contributed by atoms with Crippen LogP contribution in [0.2, 0.25) is 0 Å². The summed E-state index contributed by atoms with van der Waals surface area (Å²) < 4.78 is 28.1. The van der Waals surface area contributed by atoms with E-state index in [2.05, 4.69) is 41.2 Å². The number of rotatable bonds is 20. The highest BCUT2D eigenvalue weighted by atomic mass is 31.2. The number of amides is 3. The largest absolute Gasteiger partial charge is 0.480 e. The molecule has 0 aliphatic heterocycles. The Bertz CT molecular complexity index is 2350. The Balaban J connectivity index is 1.09. The number of H-pyrrole nitrogens is 1. The van der Waals surface area contributed by atoms with E-state index < -0.39 is 43.1 Å². The van der Waals surface area contributed by atoms with Gasteiger partial charge in [-0.2, -0.15) is 4.98 Å². The van der Waals surface area contributed by atoms with Gasteiger partial charge in [0.05, 0.1) is 49.5 Å². The number of nitrogens with two attached hydrogens (primary N) is 1. The van der Waals surface area contributed by atoms with Gasteiger partial charge in [-0.05, 0) is 80.8 Å². The molecule has 0 aliphatic carbocycles. The number of benzene rings is 3. The van der Waals surface area contributed by atoms with E-state index >= 15 is 0 Å². The quantitative estimate of drug-likeness (QED) is 0.0533. The van der Waals surface area contributed by atoms with Crippen molar-refractivity contribution in [3.05, 3.63) is 112 Å². The lowest BCUT2D eigenvalue weighted by Crippen LogP contribution is -2.41. The number of nitrogens with zero attached hydrogens (tertiary/aromatic N) is 3. The molecule has 2 aromatic heterocycles. The number of aromatic amines is 1. The van der Waals surface area contributed by atoms with Crippen LogP contribution in [0.1, 0.15) is 58.7 Å². The van der Waals surface area contributed by atoms with Crippen LogP contribution in [-0.4, -0.2) is 74.6 Å². The lowest BCUT2D eigenvalue weighted by atomic mass is 10.1. The zero-order chi connectivity index (χ0) is 41.7. The Kier molecular flexibility index (Phi) is 14.7. The van der Waals surface area contributed by atoms with Crippen LogP contribution >= 0.6 is 7.82 Å². The van der Waals surface area contributed by atoms with E-state index in [0.717, 1.165) is 5.56 Å². The molecule has 3 amide bonds. The number of nitrogens with one attached hydrogen (secondary N) is 5. The van der Waals surface area contributed by atoms with E-state index in [1.54, 1.807) is 68.4 Å². The molecule has 0 radical (unpaired) electrons. The minimum atomic E-state index is -3.63. The Morgan fingerprint density at radius 1 is 0.879 bits per heavy atom. The lowest BCUT2D eigenvalue weighted by Gasteiger charge is -2.16. The second-order valence-corrected chi connectivity index (χ2v) is 14.1. The number of anilines is 4. The molecule has 0 fully saturated rings. The Morgan fingerprint density at radius 3 is 2.26 bits per heavy atom. The van der Waals surface area contributed by atoms with Gasteiger partial charge in [0.15, 0.2) is 11.2 Å². The van der Waals surface area contributed by atoms with Crippen molar-refractivity contribution >= 4 is 65.7 Å². The molecule has 3 aromatic carbocycles. The number of carboxylic acid groups (broad SMARTS) is 1. The minimum absolute atomic E-state index is 0.0368. The first-order chi connectivity index (χ1) is 27.9. The summed E-state index contributed by atoms with van der Waals surface area (Å²) in [5.74, 6) is -3.13. The van der Waals surface area contributed by atoms with Crippen LogP contribution in [-0.2, 0) is 40.7 Å². The van der Waals surface area contributed by atoms with Gasteiger partial charge in [0, 0.05) is 23.4 Å². The topological polar surface area (TPSA) is 279 Å². The van der Waals surface area contributed by atoms with Gasteiger partial charge in [-0.1, -0.05) is 24.3 Å². The molecule has 0 unspecified atom stereocenters. The van der Waals surface area contributed by atoms with E-state index in [9.17, 15) is 33.6 Å². The van der Waals surface area contributed by atoms with Gasteiger partial charge < -0.3 is 32.1 Å². The van der Waals surface area contributed by atoms with Gasteiger partial charge in [0.2, 0.25) is 11.9 Å². The Morgan fingerprint density at radius 2 is 1.57 bits per heavy atom. The number of para-hydroxylation sites is 1. The molecular formula is C38H42N9O10P. The Hall–Kier alpha value is -6.53. The van der Waals surface area contributed by atoms with Crippen molar-refractivity contribution in [2.45, 2.75) is 45.7 Å². The number of hydrogen-bond donors (Lipinski definition) is 7. The monoisotopic (exact) mass is 815 g/mol. The molecule has 304 valence electrons. The average Bonchev–Trinajstić information content (AvgIpc) is 3.19. The van der Waals surface area contributed by atoms with E-state index in [0.29, 0.717) is 23.5 Å².